The number of nitrogens with one attached hydrogen (secondary N) is 1. The van der Waals surface area contributed by atoms with Crippen LogP contribution in [0, 0.1) is 12.8 Å². The van der Waals surface area contributed by atoms with Gasteiger partial charge in [0, 0.05) is 18.0 Å². The smallest absolute Gasteiger partial charge is 0.226 e. The van der Waals surface area contributed by atoms with Crippen molar-refractivity contribution in [3.8, 4) is 0 Å². The molecule has 0 bridgehead atoms. The average Bonchev–Trinajstić information content (AvgIpc) is 2.51. The highest BCUT2D eigenvalue weighted by Crippen LogP contribution is 2.21. The second-order valence-corrected chi connectivity index (χ2v) is 6.00. The minimum Gasteiger partial charge on any atom is -0.326 e. The highest BCUT2D eigenvalue weighted by molar-refractivity contribution is 5.92. The van der Waals surface area contributed by atoms with Crippen LogP contribution in [0.25, 0.3) is 0 Å². The summed E-state index contributed by atoms with van der Waals surface area (Å²) in [5.41, 5.74) is 3.34. The van der Waals surface area contributed by atoms with Gasteiger partial charge in [-0.25, -0.2) is 0 Å². The molecule has 0 aliphatic carbocycles. The van der Waals surface area contributed by atoms with E-state index in [1.165, 1.54) is 5.56 Å². The van der Waals surface area contributed by atoms with Crippen LogP contribution >= 0.6 is 0 Å². The van der Waals surface area contributed by atoms with Gasteiger partial charge in [-0.15, -0.1) is 0 Å². The molecule has 0 aliphatic heterocycles. The zero-order valence-corrected chi connectivity index (χ0v) is 15.7. The summed E-state index contributed by atoms with van der Waals surface area (Å²) in [4.78, 5) is 22.7. The molecule has 23 heavy (non-hydrogen) atoms. The summed E-state index contributed by atoms with van der Waals surface area (Å²) >= 11 is 0. The van der Waals surface area contributed by atoms with E-state index in [0.29, 0.717) is 6.42 Å². The molecule has 0 aromatic heterocycles. The van der Waals surface area contributed by atoms with Gasteiger partial charge in [0.2, 0.25) is 5.91 Å². The number of hydrogen-bond donors (Lipinski definition) is 1. The topological polar surface area (TPSA) is 46.2 Å². The zero-order valence-electron chi connectivity index (χ0n) is 15.7. The maximum absolute atomic E-state index is 11.8. The fourth-order valence-electron chi connectivity index (χ4n) is 2.23. The van der Waals surface area contributed by atoms with Crippen LogP contribution in [0.3, 0.4) is 0 Å². The van der Waals surface area contributed by atoms with E-state index in [-0.39, 0.29) is 17.6 Å². The summed E-state index contributed by atoms with van der Waals surface area (Å²) in [6.07, 6.45) is 4.80. The number of carbonyl (C=O) groups excluding carboxylic acids is 2. The second-order valence-electron chi connectivity index (χ2n) is 6.00. The molecule has 1 N–H and O–H groups in total. The number of amides is 1. The number of aryl methyl sites for hydroxylation is 1. The molecule has 0 atom stereocenters. The normalized spacial score (nSPS) is 10.0. The zero-order chi connectivity index (χ0) is 17.8. The van der Waals surface area contributed by atoms with Crippen molar-refractivity contribution < 1.29 is 9.59 Å². The van der Waals surface area contributed by atoms with Crippen molar-refractivity contribution in [3.63, 3.8) is 0 Å². The van der Waals surface area contributed by atoms with Crippen molar-refractivity contribution in [2.75, 3.05) is 5.32 Å². The van der Waals surface area contributed by atoms with Gasteiger partial charge in [0.05, 0.1) is 0 Å². The standard InChI is InChI=1S/C18H27NO2.C2H6/c1-13(2)18(21)19-17-12-8-11-16(15(17)4)10-7-5-6-9-14(3)20;1-2/h8,11-13H,5-7,9-10H2,1-4H3,(H,19,21);1-2H3. The fourth-order valence-corrected chi connectivity index (χ4v) is 2.23. The monoisotopic (exact) mass is 319 g/mol. The number of unbranched alkanes of at least 4 members (excludes halogenated alkanes) is 2. The molecular weight excluding hydrogens is 286 g/mol. The molecule has 0 unspecified atom stereocenters. The first-order valence-corrected chi connectivity index (χ1v) is 8.80. The van der Waals surface area contributed by atoms with Crippen molar-refractivity contribution in [1.82, 2.24) is 0 Å². The lowest BCUT2D eigenvalue weighted by Crippen LogP contribution is -2.18. The van der Waals surface area contributed by atoms with Crippen LogP contribution in [0.15, 0.2) is 18.2 Å². The van der Waals surface area contributed by atoms with E-state index in [0.717, 1.165) is 36.9 Å². The van der Waals surface area contributed by atoms with Gasteiger partial charge in [0.25, 0.3) is 0 Å². The number of hydrogen-bond acceptors (Lipinski definition) is 2. The first-order chi connectivity index (χ1) is 10.9. The highest BCUT2D eigenvalue weighted by atomic mass is 16.1. The van der Waals surface area contributed by atoms with Gasteiger partial charge in [-0.2, -0.15) is 0 Å². The molecule has 1 aromatic rings. The van der Waals surface area contributed by atoms with Crippen molar-refractivity contribution in [1.29, 1.82) is 0 Å². The van der Waals surface area contributed by atoms with Crippen molar-refractivity contribution >= 4 is 17.4 Å². The van der Waals surface area contributed by atoms with Crippen LogP contribution in [0.1, 0.15) is 71.4 Å². The first-order valence-electron chi connectivity index (χ1n) is 8.80. The Morgan fingerprint density at radius 1 is 1.09 bits per heavy atom. The molecule has 0 heterocycles. The van der Waals surface area contributed by atoms with E-state index < -0.39 is 0 Å². The fraction of sp³-hybridized carbons (Fsp3) is 0.600. The summed E-state index contributed by atoms with van der Waals surface area (Å²) in [6, 6.07) is 6.06. The van der Waals surface area contributed by atoms with Gasteiger partial charge in [0.15, 0.2) is 0 Å². The molecule has 1 amide bonds. The number of anilines is 1. The molecular formula is C20H33NO2. The third-order valence-corrected chi connectivity index (χ3v) is 3.70. The Balaban J connectivity index is 0.00000232. The SMILES string of the molecule is CC.CC(=O)CCCCCc1cccc(NC(=O)C(C)C)c1C. The van der Waals surface area contributed by atoms with Gasteiger partial charge in [-0.3, -0.25) is 4.79 Å². The lowest BCUT2D eigenvalue weighted by molar-refractivity contribution is -0.119. The number of Topliss-reactive ketones (excluding diaryl/α,β-unsaturated/α-hetero) is 1. The molecule has 0 aliphatic rings. The predicted molar refractivity (Wildman–Crippen MR) is 98.8 cm³/mol. The Kier molecular flexibility index (Phi) is 11.0. The van der Waals surface area contributed by atoms with Gasteiger partial charge in [0.1, 0.15) is 5.78 Å². The number of carbonyl (C=O) groups is 2. The van der Waals surface area contributed by atoms with Crippen LogP contribution in [0.5, 0.6) is 0 Å². The maximum Gasteiger partial charge on any atom is 0.226 e. The number of rotatable bonds is 8. The molecule has 0 saturated heterocycles. The summed E-state index contributed by atoms with van der Waals surface area (Å²) in [5, 5.41) is 2.98. The van der Waals surface area contributed by atoms with Crippen LogP contribution in [-0.4, -0.2) is 11.7 Å². The molecule has 0 radical (unpaired) electrons. The molecule has 0 saturated carbocycles. The Labute approximate surface area is 141 Å². The molecule has 130 valence electrons. The largest absolute Gasteiger partial charge is 0.326 e. The number of benzene rings is 1. The average molecular weight is 319 g/mol. The van der Waals surface area contributed by atoms with E-state index >= 15 is 0 Å². The Bertz CT molecular complexity index is 492. The van der Waals surface area contributed by atoms with E-state index in [1.807, 2.05) is 39.8 Å². The van der Waals surface area contributed by atoms with Gasteiger partial charge in [-0.1, -0.05) is 46.2 Å². The molecule has 1 aromatic carbocycles. The van der Waals surface area contributed by atoms with Crippen LogP contribution in [0.2, 0.25) is 0 Å². The Morgan fingerprint density at radius 2 is 1.74 bits per heavy atom. The van der Waals surface area contributed by atoms with E-state index in [9.17, 15) is 9.59 Å². The van der Waals surface area contributed by atoms with E-state index in [4.69, 9.17) is 0 Å². The van der Waals surface area contributed by atoms with Crippen molar-refractivity contribution in [2.45, 2.75) is 73.6 Å². The third kappa shape index (κ3) is 8.53. The highest BCUT2D eigenvalue weighted by Gasteiger charge is 2.10. The van der Waals surface area contributed by atoms with Gasteiger partial charge >= 0.3 is 0 Å². The predicted octanol–water partition coefficient (Wildman–Crippen LogP) is 5.31. The lowest BCUT2D eigenvalue weighted by atomic mass is 9.99. The third-order valence-electron chi connectivity index (χ3n) is 3.70. The van der Waals surface area contributed by atoms with Crippen molar-refractivity contribution in [2.24, 2.45) is 5.92 Å². The molecule has 0 fully saturated rings. The summed E-state index contributed by atoms with van der Waals surface area (Å²) in [7, 11) is 0. The summed E-state index contributed by atoms with van der Waals surface area (Å²) in [5.74, 6) is 0.306. The summed E-state index contributed by atoms with van der Waals surface area (Å²) < 4.78 is 0. The Hall–Kier alpha value is -1.64. The van der Waals surface area contributed by atoms with E-state index in [2.05, 4.69) is 18.3 Å². The summed E-state index contributed by atoms with van der Waals surface area (Å²) in [6.45, 7) is 11.5. The van der Waals surface area contributed by atoms with Crippen molar-refractivity contribution in [3.05, 3.63) is 29.3 Å². The van der Waals surface area contributed by atoms with Crippen LogP contribution in [-0.2, 0) is 16.0 Å². The Morgan fingerprint density at radius 3 is 2.30 bits per heavy atom. The quantitative estimate of drug-likeness (QED) is 0.660. The molecule has 1 rings (SSSR count). The lowest BCUT2D eigenvalue weighted by Gasteiger charge is -2.13. The van der Waals surface area contributed by atoms with Crippen LogP contribution < -0.4 is 5.32 Å². The van der Waals surface area contributed by atoms with Gasteiger partial charge in [-0.05, 0) is 50.3 Å². The van der Waals surface area contributed by atoms with E-state index in [1.54, 1.807) is 6.92 Å². The molecule has 3 nitrogen and oxygen atoms in total. The minimum atomic E-state index is -0.0142. The first kappa shape index (κ1) is 21.4. The molecule has 3 heteroatoms. The van der Waals surface area contributed by atoms with Crippen LogP contribution in [0.4, 0.5) is 5.69 Å². The number of ketones is 1. The van der Waals surface area contributed by atoms with Gasteiger partial charge < -0.3 is 10.1 Å². The second kappa shape index (κ2) is 11.9. The molecule has 0 spiro atoms. The maximum atomic E-state index is 11.8. The minimum absolute atomic E-state index is 0.0142.